The number of thiophene rings is 2. The molecule has 6 rings (SSSR count). The zero-order chi connectivity index (χ0) is 35.0. The molecule has 0 bridgehead atoms. The molecule has 2 fully saturated rings. The Labute approximate surface area is 294 Å². The van der Waals surface area contributed by atoms with E-state index in [4.69, 9.17) is 9.98 Å². The summed E-state index contributed by atoms with van der Waals surface area (Å²) in [6.45, 7) is 9.69. The molecule has 49 heavy (non-hydrogen) atoms. The van der Waals surface area contributed by atoms with Gasteiger partial charge in [-0.1, -0.05) is 27.7 Å². The molecule has 0 spiro atoms. The molecule has 2 saturated heterocycles. The quantitative estimate of drug-likeness (QED) is 0.230. The lowest BCUT2D eigenvalue weighted by molar-refractivity contribution is -0.139. The van der Waals surface area contributed by atoms with Crippen molar-refractivity contribution in [2.24, 2.45) is 16.8 Å². The molecular weight excluding hydrogens is 663 g/mol. The Morgan fingerprint density at radius 2 is 1.51 bits per heavy atom. The van der Waals surface area contributed by atoms with E-state index in [1.54, 1.807) is 27.6 Å². The summed E-state index contributed by atoms with van der Waals surface area (Å²) in [7, 11) is 0. The fraction of sp³-hybridized carbons (Fsp3) is 0.543. The van der Waals surface area contributed by atoms with Gasteiger partial charge < -0.3 is 30.5 Å². The molecule has 262 valence electrons. The van der Waals surface area contributed by atoms with Crippen LogP contribution in [-0.2, 0) is 19.2 Å². The normalized spacial score (nSPS) is 20.7. The second kappa shape index (κ2) is 14.5. The van der Waals surface area contributed by atoms with E-state index in [2.05, 4.69) is 26.4 Å². The number of hydrogen-bond donors (Lipinski definition) is 4. The van der Waals surface area contributed by atoms with Crippen LogP contribution in [0.3, 0.4) is 0 Å². The summed E-state index contributed by atoms with van der Waals surface area (Å²) < 4.78 is 2.34. The number of aliphatic hydroxyl groups excluding tert-OH is 1. The second-order valence-electron chi connectivity index (χ2n) is 13.8. The number of hydrogen-bond acceptors (Lipinski definition) is 9. The predicted molar refractivity (Wildman–Crippen MR) is 192 cm³/mol. The molecule has 3 aliphatic rings. The van der Waals surface area contributed by atoms with Gasteiger partial charge >= 0.3 is 0 Å². The van der Waals surface area contributed by atoms with Crippen molar-refractivity contribution in [3.05, 3.63) is 34.5 Å². The van der Waals surface area contributed by atoms with E-state index in [-0.39, 0.29) is 41.6 Å². The zero-order valence-corrected chi connectivity index (χ0v) is 30.2. The van der Waals surface area contributed by atoms with Gasteiger partial charge in [0.15, 0.2) is 0 Å². The van der Waals surface area contributed by atoms with E-state index in [1.165, 1.54) is 11.6 Å². The summed E-state index contributed by atoms with van der Waals surface area (Å²) in [5.74, 6) is -0.400. The number of imidazole rings is 1. The number of fused-ring (bicyclic) bond motifs is 1. The summed E-state index contributed by atoms with van der Waals surface area (Å²) in [5, 5.41) is 19.1. The molecule has 4 atom stereocenters. The van der Waals surface area contributed by atoms with Gasteiger partial charge in [-0.2, -0.15) is 0 Å². The van der Waals surface area contributed by atoms with Gasteiger partial charge in [0, 0.05) is 60.2 Å². The summed E-state index contributed by atoms with van der Waals surface area (Å²) in [5.41, 5.74) is 5.23. The molecule has 4 amide bonds. The minimum atomic E-state index is -0.719. The number of H-pyrrole nitrogens is 1. The SMILES string of the molecule is CC(=O)N[C@H](C(=O)N1CCCC1C1=NC=C(c2csc3c(-c4cnc(C5CCCN5C(=O)[C@@H](NC(=O)CO)C(C)C)[nH]4)csc23)C1)C(C)C. The van der Waals surface area contributed by atoms with Crippen LogP contribution in [0.1, 0.15) is 84.2 Å². The first-order valence-corrected chi connectivity index (χ1v) is 18.8. The Bertz CT molecular complexity index is 1800. The van der Waals surface area contributed by atoms with Crippen molar-refractivity contribution < 1.29 is 24.3 Å². The Kier molecular flexibility index (Phi) is 10.4. The molecule has 0 aliphatic carbocycles. The van der Waals surface area contributed by atoms with E-state index in [9.17, 15) is 24.3 Å². The Morgan fingerprint density at radius 1 is 0.918 bits per heavy atom. The number of likely N-dealkylation sites (tertiary alicyclic amines) is 2. The molecule has 3 aliphatic heterocycles. The van der Waals surface area contributed by atoms with Crippen LogP contribution < -0.4 is 10.6 Å². The van der Waals surface area contributed by atoms with Crippen LogP contribution in [0, 0.1) is 11.8 Å². The van der Waals surface area contributed by atoms with E-state index < -0.39 is 24.6 Å². The van der Waals surface area contributed by atoms with E-state index in [0.29, 0.717) is 19.5 Å². The lowest BCUT2D eigenvalue weighted by Crippen LogP contribution is -2.53. The number of nitrogens with zero attached hydrogens (tertiary/aromatic N) is 4. The summed E-state index contributed by atoms with van der Waals surface area (Å²) in [6, 6.07) is -1.57. The minimum absolute atomic E-state index is 0.0154. The molecule has 3 aromatic heterocycles. The lowest BCUT2D eigenvalue weighted by atomic mass is 9.98. The van der Waals surface area contributed by atoms with Gasteiger partial charge in [0.05, 0.1) is 33.4 Å². The number of aliphatic imine (C=N–C) groups is 1. The van der Waals surface area contributed by atoms with E-state index >= 15 is 0 Å². The van der Waals surface area contributed by atoms with Crippen LogP contribution in [0.25, 0.3) is 26.2 Å². The van der Waals surface area contributed by atoms with Crippen LogP contribution in [-0.4, -0.2) is 92.0 Å². The molecule has 3 aromatic rings. The maximum Gasteiger partial charge on any atom is 0.246 e. The highest BCUT2D eigenvalue weighted by Gasteiger charge is 2.39. The van der Waals surface area contributed by atoms with Crippen molar-refractivity contribution in [1.82, 2.24) is 30.4 Å². The van der Waals surface area contributed by atoms with Gasteiger partial charge in [0.25, 0.3) is 0 Å². The fourth-order valence-corrected chi connectivity index (χ4v) is 9.67. The number of carbonyl (C=O) groups excluding carboxylic acids is 4. The standard InChI is InChI=1S/C35H45N7O5S2/c1-18(2)29(38-20(5)44)34(46)41-10-6-8-26(41)24-12-21(13-36-24)22-16-48-32-23(17-49-31(22)32)25-14-37-33(39-25)27-9-7-11-42(27)35(47)30(19(3)4)40-28(45)15-43/h13-14,16-19,26-27,29-30,43H,6-12,15H2,1-5H3,(H,37,39)(H,38,44)(H,40,45)/t26?,27?,29-,30-/m0/s1. The third-order valence-electron chi connectivity index (χ3n) is 9.73. The number of carbonyl (C=O) groups is 4. The van der Waals surface area contributed by atoms with Crippen molar-refractivity contribution in [2.75, 3.05) is 19.7 Å². The zero-order valence-electron chi connectivity index (χ0n) is 28.6. The molecule has 0 aromatic carbocycles. The molecule has 12 nitrogen and oxygen atoms in total. The van der Waals surface area contributed by atoms with Crippen LogP contribution in [0.2, 0.25) is 0 Å². The third kappa shape index (κ3) is 6.95. The number of aromatic nitrogens is 2. The fourth-order valence-electron chi connectivity index (χ4n) is 7.20. The topological polar surface area (TPSA) is 160 Å². The van der Waals surface area contributed by atoms with Crippen LogP contribution >= 0.6 is 22.7 Å². The Hall–Kier alpha value is -3.88. The molecule has 6 heterocycles. The van der Waals surface area contributed by atoms with Gasteiger partial charge in [-0.05, 0) is 43.1 Å². The molecular formula is C35H45N7O5S2. The monoisotopic (exact) mass is 707 g/mol. The van der Waals surface area contributed by atoms with Crippen LogP contribution in [0.15, 0.2) is 28.1 Å². The van der Waals surface area contributed by atoms with Crippen molar-refractivity contribution in [3.63, 3.8) is 0 Å². The van der Waals surface area contributed by atoms with Crippen LogP contribution in [0.4, 0.5) is 0 Å². The highest BCUT2D eigenvalue weighted by atomic mass is 32.1. The summed E-state index contributed by atoms with van der Waals surface area (Å²) in [6.07, 6.45) is 7.82. The highest BCUT2D eigenvalue weighted by molar-refractivity contribution is 7.27. The third-order valence-corrected chi connectivity index (χ3v) is 11.9. The summed E-state index contributed by atoms with van der Waals surface area (Å²) in [4.78, 5) is 67.6. The molecule has 14 heteroatoms. The molecule has 4 N–H and O–H groups in total. The van der Waals surface area contributed by atoms with Crippen molar-refractivity contribution in [2.45, 2.75) is 90.9 Å². The lowest BCUT2D eigenvalue weighted by Gasteiger charge is -2.31. The average Bonchev–Trinajstić information content (AvgIpc) is 3.90. The van der Waals surface area contributed by atoms with Crippen molar-refractivity contribution in [1.29, 1.82) is 0 Å². The second-order valence-corrected chi connectivity index (χ2v) is 15.6. The summed E-state index contributed by atoms with van der Waals surface area (Å²) >= 11 is 3.37. The molecule has 0 radical (unpaired) electrons. The van der Waals surface area contributed by atoms with E-state index in [0.717, 1.165) is 64.3 Å². The first kappa shape index (κ1) is 35.0. The van der Waals surface area contributed by atoms with Gasteiger partial charge in [-0.25, -0.2) is 4.98 Å². The molecule has 2 unspecified atom stereocenters. The van der Waals surface area contributed by atoms with Crippen LogP contribution in [0.5, 0.6) is 0 Å². The number of allylic oxidation sites excluding steroid dienone is 1. The maximum absolute atomic E-state index is 13.6. The molecule has 0 saturated carbocycles. The smallest absolute Gasteiger partial charge is 0.246 e. The number of nitrogens with one attached hydrogen (secondary N) is 3. The first-order chi connectivity index (χ1) is 23.5. The van der Waals surface area contributed by atoms with Gasteiger partial charge in [-0.15, -0.1) is 22.7 Å². The number of rotatable bonds is 11. The van der Waals surface area contributed by atoms with Crippen molar-refractivity contribution >= 4 is 67.0 Å². The largest absolute Gasteiger partial charge is 0.387 e. The van der Waals surface area contributed by atoms with Gasteiger partial charge in [0.2, 0.25) is 23.6 Å². The Morgan fingerprint density at radius 3 is 2.14 bits per heavy atom. The minimum Gasteiger partial charge on any atom is -0.387 e. The predicted octanol–water partition coefficient (Wildman–Crippen LogP) is 4.49. The van der Waals surface area contributed by atoms with Gasteiger partial charge in [-0.3, -0.25) is 24.2 Å². The number of aromatic amines is 1. The van der Waals surface area contributed by atoms with Gasteiger partial charge in [0.1, 0.15) is 24.5 Å². The number of amides is 4. The average molecular weight is 708 g/mol. The number of aliphatic hydroxyl groups is 1. The highest BCUT2D eigenvalue weighted by Crippen LogP contribution is 2.44. The van der Waals surface area contributed by atoms with E-state index in [1.807, 2.05) is 45.0 Å². The first-order valence-electron chi connectivity index (χ1n) is 17.1. The Balaban J connectivity index is 1.16. The maximum atomic E-state index is 13.6. The van der Waals surface area contributed by atoms with Crippen molar-refractivity contribution in [3.8, 4) is 11.3 Å².